The van der Waals surface area contributed by atoms with E-state index < -0.39 is 17.8 Å². The van der Waals surface area contributed by atoms with Gasteiger partial charge in [-0.2, -0.15) is 0 Å². The van der Waals surface area contributed by atoms with Crippen LogP contribution >= 0.6 is 23.2 Å². The van der Waals surface area contributed by atoms with E-state index >= 15 is 0 Å². The molecule has 0 atom stereocenters. The van der Waals surface area contributed by atoms with Crippen LogP contribution in [-0.4, -0.2) is 22.9 Å². The Morgan fingerprint density at radius 3 is 2.55 bits per heavy atom. The van der Waals surface area contributed by atoms with Crippen LogP contribution in [0.5, 0.6) is 0 Å². The minimum atomic E-state index is -1.16. The van der Waals surface area contributed by atoms with Gasteiger partial charge >= 0.3 is 5.97 Å². The molecule has 1 aliphatic heterocycles. The van der Waals surface area contributed by atoms with Crippen molar-refractivity contribution < 1.29 is 23.9 Å². The molecular formula is C22H14Cl2N2O5. The summed E-state index contributed by atoms with van der Waals surface area (Å²) in [5, 5.41) is 10.9. The number of carboxylic acids is 1. The lowest BCUT2D eigenvalue weighted by molar-refractivity contribution is -0.117. The molecule has 0 unspecified atom stereocenters. The zero-order valence-electron chi connectivity index (χ0n) is 16.0. The number of anilines is 1. The Hall–Kier alpha value is -3.55. The summed E-state index contributed by atoms with van der Waals surface area (Å²) in [6.45, 7) is 1.83. The van der Waals surface area contributed by atoms with E-state index in [0.717, 1.165) is 10.6 Å². The summed E-state index contributed by atoms with van der Waals surface area (Å²) in [5.74, 6) is -1.68. The van der Waals surface area contributed by atoms with Crippen molar-refractivity contribution in [3.63, 3.8) is 0 Å². The largest absolute Gasteiger partial charge is 0.478 e. The van der Waals surface area contributed by atoms with Gasteiger partial charge in [0.25, 0.3) is 11.8 Å². The zero-order chi connectivity index (χ0) is 22.3. The van der Waals surface area contributed by atoms with E-state index in [1.807, 2.05) is 6.92 Å². The van der Waals surface area contributed by atoms with Gasteiger partial charge in [-0.25, -0.2) is 9.80 Å². The Morgan fingerprint density at radius 1 is 1.06 bits per heavy atom. The second-order valence-corrected chi connectivity index (χ2v) is 7.59. The Kier molecular flexibility index (Phi) is 5.31. The number of halogens is 2. The second kappa shape index (κ2) is 7.94. The highest BCUT2D eigenvalue weighted by molar-refractivity contribution is 6.34. The second-order valence-electron chi connectivity index (χ2n) is 6.77. The van der Waals surface area contributed by atoms with Crippen LogP contribution in [0.25, 0.3) is 17.4 Å². The predicted molar refractivity (Wildman–Crippen MR) is 116 cm³/mol. The zero-order valence-corrected chi connectivity index (χ0v) is 17.5. The maximum atomic E-state index is 12.8. The first kappa shape index (κ1) is 20.7. The van der Waals surface area contributed by atoms with Gasteiger partial charge in [-0.05, 0) is 61.0 Å². The summed E-state index contributed by atoms with van der Waals surface area (Å²) in [6.07, 6.45) is 1.32. The first-order chi connectivity index (χ1) is 14.7. The smallest absolute Gasteiger partial charge is 0.337 e. The summed E-state index contributed by atoms with van der Waals surface area (Å²) >= 11 is 12.0. The molecule has 1 fully saturated rings. The van der Waals surface area contributed by atoms with Gasteiger partial charge in [-0.1, -0.05) is 29.3 Å². The lowest BCUT2D eigenvalue weighted by atomic mass is 10.1. The van der Waals surface area contributed by atoms with E-state index in [1.165, 1.54) is 18.2 Å². The summed E-state index contributed by atoms with van der Waals surface area (Å²) in [6, 6.07) is 12.6. The van der Waals surface area contributed by atoms with Crippen LogP contribution in [-0.2, 0) is 9.59 Å². The Balaban J connectivity index is 1.62. The number of furan rings is 1. The van der Waals surface area contributed by atoms with Crippen LogP contribution in [0.3, 0.4) is 0 Å². The highest BCUT2D eigenvalue weighted by Gasteiger charge is 2.35. The maximum Gasteiger partial charge on any atom is 0.337 e. The van der Waals surface area contributed by atoms with Crippen molar-refractivity contribution in [1.82, 2.24) is 5.43 Å². The van der Waals surface area contributed by atoms with Crippen molar-refractivity contribution in [3.05, 3.63) is 81.0 Å². The van der Waals surface area contributed by atoms with E-state index in [2.05, 4.69) is 5.43 Å². The number of hydrazine groups is 1. The van der Waals surface area contributed by atoms with E-state index in [1.54, 1.807) is 36.4 Å². The van der Waals surface area contributed by atoms with Crippen LogP contribution in [0.4, 0.5) is 5.69 Å². The van der Waals surface area contributed by atoms with Crippen LogP contribution in [0.1, 0.15) is 21.7 Å². The summed E-state index contributed by atoms with van der Waals surface area (Å²) in [5.41, 5.74) is 4.09. The third kappa shape index (κ3) is 3.93. The molecule has 1 aromatic heterocycles. The number of carbonyl (C=O) groups is 3. The molecule has 0 aliphatic carbocycles. The molecule has 0 spiro atoms. The number of benzene rings is 2. The van der Waals surface area contributed by atoms with Gasteiger partial charge in [-0.15, -0.1) is 0 Å². The van der Waals surface area contributed by atoms with Crippen LogP contribution in [0, 0.1) is 6.92 Å². The molecule has 2 amide bonds. The fraction of sp³-hybridized carbons (Fsp3) is 0.0455. The lowest BCUT2D eigenvalue weighted by Crippen LogP contribution is -2.35. The molecule has 7 nitrogen and oxygen atoms in total. The molecular weight excluding hydrogens is 443 g/mol. The Labute approximate surface area is 186 Å². The highest BCUT2D eigenvalue weighted by Crippen LogP contribution is 2.29. The van der Waals surface area contributed by atoms with E-state index in [9.17, 15) is 19.5 Å². The molecule has 31 heavy (non-hydrogen) atoms. The van der Waals surface area contributed by atoms with Gasteiger partial charge < -0.3 is 9.52 Å². The Morgan fingerprint density at radius 2 is 1.84 bits per heavy atom. The average molecular weight is 457 g/mol. The number of nitrogens with zero attached hydrogens (tertiary/aromatic N) is 1. The molecule has 3 aromatic rings. The SMILES string of the molecule is Cc1ccc(N2NC(=O)/C(=C\c3ccc(-c4ccc(Cl)c(C(=O)O)c4)o3)C2=O)cc1Cl. The molecule has 0 saturated carbocycles. The number of aryl methyl sites for hydroxylation is 1. The monoisotopic (exact) mass is 456 g/mol. The lowest BCUT2D eigenvalue weighted by Gasteiger charge is -2.15. The fourth-order valence-electron chi connectivity index (χ4n) is 3.03. The number of nitrogens with one attached hydrogen (secondary N) is 1. The molecule has 1 saturated heterocycles. The molecule has 2 heterocycles. The number of hydrogen-bond acceptors (Lipinski definition) is 4. The minimum absolute atomic E-state index is 0.0618. The number of amides is 2. The van der Waals surface area contributed by atoms with Gasteiger partial charge in [-0.3, -0.25) is 15.0 Å². The molecule has 0 radical (unpaired) electrons. The van der Waals surface area contributed by atoms with Crippen molar-refractivity contribution >= 4 is 52.7 Å². The molecule has 2 N–H and O–H groups in total. The molecule has 2 aromatic carbocycles. The van der Waals surface area contributed by atoms with Crippen molar-refractivity contribution in [2.24, 2.45) is 0 Å². The first-order valence-electron chi connectivity index (χ1n) is 9.01. The predicted octanol–water partition coefficient (Wildman–Crippen LogP) is 4.72. The average Bonchev–Trinajstić information content (AvgIpc) is 3.30. The number of carbonyl (C=O) groups excluding carboxylic acids is 2. The van der Waals surface area contributed by atoms with Gasteiger partial charge in [0.1, 0.15) is 17.1 Å². The van der Waals surface area contributed by atoms with Gasteiger partial charge in [0.05, 0.1) is 16.3 Å². The van der Waals surface area contributed by atoms with Crippen LogP contribution in [0.15, 0.2) is 58.5 Å². The minimum Gasteiger partial charge on any atom is -0.478 e. The topological polar surface area (TPSA) is 99.8 Å². The van der Waals surface area contributed by atoms with Gasteiger partial charge in [0.15, 0.2) is 0 Å². The van der Waals surface area contributed by atoms with Gasteiger partial charge in [0, 0.05) is 10.6 Å². The standard InChI is InChI=1S/C22H14Cl2N2O5/c1-11-2-4-13(9-18(11)24)26-21(28)16(20(27)25-26)10-14-5-7-19(31-14)12-3-6-17(23)15(8-12)22(29)30/h2-10H,1H3,(H,25,27)(H,29,30)/b16-10+. The van der Waals surface area contributed by atoms with Crippen LogP contribution in [0.2, 0.25) is 10.0 Å². The molecule has 9 heteroatoms. The van der Waals surface area contributed by atoms with Crippen molar-refractivity contribution in [2.75, 3.05) is 5.01 Å². The summed E-state index contributed by atoms with van der Waals surface area (Å²) < 4.78 is 5.69. The van der Waals surface area contributed by atoms with Crippen molar-refractivity contribution in [1.29, 1.82) is 0 Å². The summed E-state index contributed by atoms with van der Waals surface area (Å²) in [7, 11) is 0. The quantitative estimate of drug-likeness (QED) is 0.436. The molecule has 0 bridgehead atoms. The van der Waals surface area contributed by atoms with E-state index in [4.69, 9.17) is 27.6 Å². The summed E-state index contributed by atoms with van der Waals surface area (Å²) in [4.78, 5) is 36.4. The van der Waals surface area contributed by atoms with Gasteiger partial charge in [0.2, 0.25) is 0 Å². The van der Waals surface area contributed by atoms with E-state index in [0.29, 0.717) is 22.0 Å². The highest BCUT2D eigenvalue weighted by atomic mass is 35.5. The number of aromatic carboxylic acids is 1. The molecule has 4 rings (SSSR count). The van der Waals surface area contributed by atoms with Crippen LogP contribution < -0.4 is 10.4 Å². The van der Waals surface area contributed by atoms with Crippen molar-refractivity contribution in [3.8, 4) is 11.3 Å². The van der Waals surface area contributed by atoms with Crippen molar-refractivity contribution in [2.45, 2.75) is 6.92 Å². The number of hydrogen-bond donors (Lipinski definition) is 2. The fourth-order valence-corrected chi connectivity index (χ4v) is 3.40. The van der Waals surface area contributed by atoms with E-state index in [-0.39, 0.29) is 21.9 Å². The number of rotatable bonds is 4. The number of carboxylic acid groups (broad SMARTS) is 1. The normalized spacial score (nSPS) is 14.9. The molecule has 156 valence electrons. The third-order valence-electron chi connectivity index (χ3n) is 4.70. The first-order valence-corrected chi connectivity index (χ1v) is 9.76. The third-order valence-corrected chi connectivity index (χ3v) is 5.44. The molecule has 1 aliphatic rings. The Bertz CT molecular complexity index is 1280. The maximum absolute atomic E-state index is 12.8.